The highest BCUT2D eigenvalue weighted by Crippen LogP contribution is 2.14. The Morgan fingerprint density at radius 3 is 2.32 bits per heavy atom. The van der Waals surface area contributed by atoms with Crippen molar-refractivity contribution in [1.29, 1.82) is 0 Å². The van der Waals surface area contributed by atoms with Gasteiger partial charge in [-0.2, -0.15) is 0 Å². The van der Waals surface area contributed by atoms with Gasteiger partial charge in [-0.05, 0) is 48.4 Å². The van der Waals surface area contributed by atoms with Crippen LogP contribution in [0.4, 0.5) is 16.2 Å². The molecule has 3 amide bonds. The minimum Gasteiger partial charge on any atom is -0.492 e. The highest BCUT2D eigenvalue weighted by molar-refractivity contribution is 5.91. The van der Waals surface area contributed by atoms with E-state index < -0.39 is 0 Å². The van der Waals surface area contributed by atoms with Gasteiger partial charge in [-0.1, -0.05) is 19.1 Å². The molecule has 0 radical (unpaired) electrons. The van der Waals surface area contributed by atoms with E-state index in [-0.39, 0.29) is 11.9 Å². The van der Waals surface area contributed by atoms with Crippen molar-refractivity contribution in [3.05, 3.63) is 54.1 Å². The molecule has 25 heavy (non-hydrogen) atoms. The summed E-state index contributed by atoms with van der Waals surface area (Å²) >= 11 is 0. The number of hydrogen-bond acceptors (Lipinski definition) is 3. The number of urea groups is 1. The van der Waals surface area contributed by atoms with E-state index in [2.05, 4.69) is 28.9 Å². The highest BCUT2D eigenvalue weighted by atomic mass is 16.5. The zero-order chi connectivity index (χ0) is 18.1. The third-order valence-corrected chi connectivity index (χ3v) is 3.43. The molecule has 2 rings (SSSR count). The number of aryl methyl sites for hydroxylation is 1. The molecule has 0 heterocycles. The van der Waals surface area contributed by atoms with Crippen LogP contribution in [0.25, 0.3) is 0 Å². The molecule has 0 aliphatic rings. The van der Waals surface area contributed by atoms with Crippen LogP contribution in [0.2, 0.25) is 0 Å². The smallest absolute Gasteiger partial charge is 0.319 e. The third-order valence-electron chi connectivity index (χ3n) is 3.43. The van der Waals surface area contributed by atoms with Gasteiger partial charge >= 0.3 is 6.03 Å². The quantitative estimate of drug-likeness (QED) is 0.675. The first-order chi connectivity index (χ1) is 12.1. The molecule has 132 valence electrons. The lowest BCUT2D eigenvalue weighted by molar-refractivity contribution is -0.114. The summed E-state index contributed by atoms with van der Waals surface area (Å²) in [6.07, 6.45) is 0.957. The fraction of sp³-hybridized carbons (Fsp3) is 0.263. The molecule has 3 N–H and O–H groups in total. The van der Waals surface area contributed by atoms with Crippen LogP contribution < -0.4 is 20.7 Å². The number of benzene rings is 2. The van der Waals surface area contributed by atoms with Crippen LogP contribution >= 0.6 is 0 Å². The Morgan fingerprint density at radius 1 is 1.00 bits per heavy atom. The number of ether oxygens (including phenoxy) is 1. The van der Waals surface area contributed by atoms with E-state index in [1.54, 1.807) is 24.3 Å². The fourth-order valence-corrected chi connectivity index (χ4v) is 2.20. The van der Waals surface area contributed by atoms with Crippen molar-refractivity contribution in [2.75, 3.05) is 23.8 Å². The van der Waals surface area contributed by atoms with Gasteiger partial charge in [-0.15, -0.1) is 0 Å². The Hall–Kier alpha value is -3.02. The molecular formula is C19H23N3O3. The molecular weight excluding hydrogens is 318 g/mol. The van der Waals surface area contributed by atoms with Gasteiger partial charge in [0.2, 0.25) is 5.91 Å². The summed E-state index contributed by atoms with van der Waals surface area (Å²) in [5, 5.41) is 8.12. The van der Waals surface area contributed by atoms with Crippen molar-refractivity contribution in [2.45, 2.75) is 20.3 Å². The minimum absolute atomic E-state index is 0.136. The van der Waals surface area contributed by atoms with Crippen molar-refractivity contribution < 1.29 is 14.3 Å². The fourth-order valence-electron chi connectivity index (χ4n) is 2.20. The van der Waals surface area contributed by atoms with E-state index in [4.69, 9.17) is 4.74 Å². The van der Waals surface area contributed by atoms with E-state index >= 15 is 0 Å². The largest absolute Gasteiger partial charge is 0.492 e. The summed E-state index contributed by atoms with van der Waals surface area (Å²) in [4.78, 5) is 22.8. The maximum atomic E-state index is 11.8. The average molecular weight is 341 g/mol. The van der Waals surface area contributed by atoms with E-state index in [0.717, 1.165) is 12.2 Å². The predicted octanol–water partition coefficient (Wildman–Crippen LogP) is 3.41. The summed E-state index contributed by atoms with van der Waals surface area (Å²) < 4.78 is 5.62. The van der Waals surface area contributed by atoms with Gasteiger partial charge in [-0.25, -0.2) is 4.79 Å². The molecule has 0 unspecified atom stereocenters. The monoisotopic (exact) mass is 341 g/mol. The topological polar surface area (TPSA) is 79.5 Å². The van der Waals surface area contributed by atoms with Crippen molar-refractivity contribution in [2.24, 2.45) is 0 Å². The van der Waals surface area contributed by atoms with E-state index in [1.807, 2.05) is 18.2 Å². The van der Waals surface area contributed by atoms with Crippen LogP contribution in [0, 0.1) is 0 Å². The first-order valence-electron chi connectivity index (χ1n) is 8.21. The van der Waals surface area contributed by atoms with Crippen molar-refractivity contribution in [3.63, 3.8) is 0 Å². The molecule has 0 fully saturated rings. The average Bonchev–Trinajstić information content (AvgIpc) is 2.60. The Bertz CT molecular complexity index is 714. The van der Waals surface area contributed by atoms with Crippen molar-refractivity contribution in [3.8, 4) is 5.75 Å². The Morgan fingerprint density at radius 2 is 1.68 bits per heavy atom. The standard InChI is InChI=1S/C19H23N3O3/c1-3-15-5-4-6-18(13-15)25-12-11-20-19(24)22-17-9-7-16(8-10-17)21-14(2)23/h4-10,13H,3,11-12H2,1-2H3,(H,21,23)(H2,20,22,24). The number of amides is 3. The molecule has 2 aromatic carbocycles. The van der Waals surface area contributed by atoms with Crippen molar-refractivity contribution in [1.82, 2.24) is 5.32 Å². The summed E-state index contributed by atoms with van der Waals surface area (Å²) in [5.41, 5.74) is 2.54. The first kappa shape index (κ1) is 18.3. The molecule has 0 spiro atoms. The lowest BCUT2D eigenvalue weighted by atomic mass is 10.2. The van der Waals surface area contributed by atoms with Gasteiger partial charge in [0.25, 0.3) is 0 Å². The second-order valence-electron chi connectivity index (χ2n) is 5.49. The molecule has 6 heteroatoms. The molecule has 0 aliphatic heterocycles. The Balaban J connectivity index is 1.70. The summed E-state index contributed by atoms with van der Waals surface area (Å²) in [6.45, 7) is 4.32. The SMILES string of the molecule is CCc1cccc(OCCNC(=O)Nc2ccc(NC(C)=O)cc2)c1. The van der Waals surface area contributed by atoms with E-state index in [1.165, 1.54) is 12.5 Å². The van der Waals surface area contributed by atoms with Gasteiger partial charge in [0.1, 0.15) is 12.4 Å². The summed E-state index contributed by atoms with van der Waals surface area (Å²) in [6, 6.07) is 14.5. The molecule has 0 saturated carbocycles. The van der Waals surface area contributed by atoms with Crippen LogP contribution in [0.3, 0.4) is 0 Å². The minimum atomic E-state index is -0.307. The number of hydrogen-bond donors (Lipinski definition) is 3. The lowest BCUT2D eigenvalue weighted by Crippen LogP contribution is -2.32. The highest BCUT2D eigenvalue weighted by Gasteiger charge is 2.02. The van der Waals surface area contributed by atoms with Gasteiger partial charge in [0, 0.05) is 18.3 Å². The lowest BCUT2D eigenvalue weighted by Gasteiger charge is -2.10. The molecule has 0 saturated heterocycles. The van der Waals surface area contributed by atoms with E-state index in [0.29, 0.717) is 24.5 Å². The number of carbonyl (C=O) groups excluding carboxylic acids is 2. The van der Waals surface area contributed by atoms with Crippen LogP contribution in [-0.4, -0.2) is 25.1 Å². The summed E-state index contributed by atoms with van der Waals surface area (Å²) in [7, 11) is 0. The van der Waals surface area contributed by atoms with Gasteiger partial charge in [-0.3, -0.25) is 4.79 Å². The van der Waals surface area contributed by atoms with E-state index in [9.17, 15) is 9.59 Å². The summed E-state index contributed by atoms with van der Waals surface area (Å²) in [5.74, 6) is 0.665. The third kappa shape index (κ3) is 6.55. The molecule has 0 aliphatic carbocycles. The van der Waals surface area contributed by atoms with Crippen LogP contribution in [0.15, 0.2) is 48.5 Å². The maximum absolute atomic E-state index is 11.8. The predicted molar refractivity (Wildman–Crippen MR) is 99.1 cm³/mol. The Labute approximate surface area is 147 Å². The van der Waals surface area contributed by atoms with Crippen LogP contribution in [0.1, 0.15) is 19.4 Å². The second kappa shape index (κ2) is 9.32. The maximum Gasteiger partial charge on any atom is 0.319 e. The van der Waals surface area contributed by atoms with Crippen molar-refractivity contribution >= 4 is 23.3 Å². The van der Waals surface area contributed by atoms with Crippen LogP contribution in [0.5, 0.6) is 5.75 Å². The number of anilines is 2. The van der Waals surface area contributed by atoms with Gasteiger partial charge in [0.05, 0.1) is 6.54 Å². The number of rotatable bonds is 7. The number of nitrogens with one attached hydrogen (secondary N) is 3. The number of carbonyl (C=O) groups is 2. The zero-order valence-electron chi connectivity index (χ0n) is 14.5. The normalized spacial score (nSPS) is 10.0. The molecule has 0 aromatic heterocycles. The second-order valence-corrected chi connectivity index (χ2v) is 5.49. The van der Waals surface area contributed by atoms with Gasteiger partial charge < -0.3 is 20.7 Å². The van der Waals surface area contributed by atoms with Gasteiger partial charge in [0.15, 0.2) is 0 Å². The molecule has 6 nitrogen and oxygen atoms in total. The molecule has 2 aromatic rings. The molecule has 0 atom stereocenters. The Kier molecular flexibility index (Phi) is 6.83. The zero-order valence-corrected chi connectivity index (χ0v) is 14.5. The molecule has 0 bridgehead atoms. The first-order valence-corrected chi connectivity index (χ1v) is 8.21. The van der Waals surface area contributed by atoms with Crippen LogP contribution in [-0.2, 0) is 11.2 Å².